The summed E-state index contributed by atoms with van der Waals surface area (Å²) in [6.07, 6.45) is 0. The molecule has 0 radical (unpaired) electrons. The second kappa shape index (κ2) is 7.75. The van der Waals surface area contributed by atoms with Gasteiger partial charge in [0, 0.05) is 26.3 Å². The lowest BCUT2D eigenvalue weighted by Crippen LogP contribution is -2.32. The molecular formula is C37H23NS. The van der Waals surface area contributed by atoms with Gasteiger partial charge in [0.25, 0.3) is 0 Å². The lowest BCUT2D eigenvalue weighted by molar-refractivity contribution is 0.724. The second-order valence-corrected chi connectivity index (χ2v) is 11.6. The van der Waals surface area contributed by atoms with E-state index in [9.17, 15) is 0 Å². The van der Waals surface area contributed by atoms with Crippen molar-refractivity contribution in [2.24, 2.45) is 0 Å². The summed E-state index contributed by atoms with van der Waals surface area (Å²) in [7, 11) is 0. The number of para-hydroxylation sites is 2. The average molecular weight is 514 g/mol. The van der Waals surface area contributed by atoms with Crippen LogP contribution < -0.4 is 0 Å². The summed E-state index contributed by atoms with van der Waals surface area (Å²) >= 11 is 1.91. The summed E-state index contributed by atoms with van der Waals surface area (Å²) in [6.45, 7) is 0. The van der Waals surface area contributed by atoms with Crippen LogP contribution in [0.25, 0.3) is 38.6 Å². The van der Waals surface area contributed by atoms with E-state index in [2.05, 4.69) is 144 Å². The van der Waals surface area contributed by atoms with Crippen molar-refractivity contribution in [2.45, 2.75) is 15.2 Å². The Hall–Kier alpha value is -4.53. The zero-order valence-corrected chi connectivity index (χ0v) is 22.0. The van der Waals surface area contributed by atoms with Crippen LogP contribution in [-0.2, 0) is 5.41 Å². The van der Waals surface area contributed by atoms with E-state index in [0.29, 0.717) is 0 Å². The normalized spacial score (nSPS) is 14.3. The number of aromatic nitrogens is 1. The first-order valence-electron chi connectivity index (χ1n) is 13.5. The fraction of sp³-hybridized carbons (Fsp3) is 0.0270. The van der Waals surface area contributed by atoms with Gasteiger partial charge in [-0.25, -0.2) is 0 Å². The molecule has 6 aromatic carbocycles. The first kappa shape index (κ1) is 21.4. The molecule has 2 heterocycles. The van der Waals surface area contributed by atoms with Gasteiger partial charge in [-0.15, -0.1) is 0 Å². The molecule has 1 aliphatic heterocycles. The van der Waals surface area contributed by atoms with E-state index in [1.54, 1.807) is 0 Å². The van der Waals surface area contributed by atoms with Gasteiger partial charge >= 0.3 is 0 Å². The Bertz CT molecular complexity index is 2050. The number of fused-ring (bicyclic) bond motifs is 12. The molecule has 0 saturated carbocycles. The maximum Gasteiger partial charge on any atom is 0.0736 e. The molecule has 9 rings (SSSR count). The minimum Gasteiger partial charge on any atom is -0.309 e. The van der Waals surface area contributed by atoms with E-state index < -0.39 is 0 Å². The van der Waals surface area contributed by atoms with Gasteiger partial charge in [0.1, 0.15) is 0 Å². The maximum absolute atomic E-state index is 2.50. The Morgan fingerprint density at radius 3 is 1.82 bits per heavy atom. The van der Waals surface area contributed by atoms with Gasteiger partial charge in [-0.2, -0.15) is 0 Å². The van der Waals surface area contributed by atoms with E-state index >= 15 is 0 Å². The summed E-state index contributed by atoms with van der Waals surface area (Å²) in [5, 5.41) is 2.59. The van der Waals surface area contributed by atoms with Crippen molar-refractivity contribution in [3.8, 4) is 16.8 Å². The molecule has 0 N–H and O–H groups in total. The predicted octanol–water partition coefficient (Wildman–Crippen LogP) is 9.61. The van der Waals surface area contributed by atoms with Crippen molar-refractivity contribution < 1.29 is 0 Å². The highest BCUT2D eigenvalue weighted by molar-refractivity contribution is 7.99. The third-order valence-corrected chi connectivity index (χ3v) is 9.79. The van der Waals surface area contributed by atoms with Gasteiger partial charge in [-0.3, -0.25) is 0 Å². The maximum atomic E-state index is 2.50. The van der Waals surface area contributed by atoms with Crippen molar-refractivity contribution in [2.75, 3.05) is 0 Å². The largest absolute Gasteiger partial charge is 0.309 e. The molecule has 7 aromatic rings. The van der Waals surface area contributed by atoms with Crippen molar-refractivity contribution in [3.63, 3.8) is 0 Å². The van der Waals surface area contributed by atoms with Gasteiger partial charge < -0.3 is 4.57 Å². The summed E-state index contributed by atoms with van der Waals surface area (Å²) in [5.41, 5.74) is 11.5. The number of nitrogens with zero attached hydrogens (tertiary/aromatic N) is 1. The minimum atomic E-state index is -0.365. The van der Waals surface area contributed by atoms with E-state index in [0.717, 1.165) is 0 Å². The molecule has 182 valence electrons. The summed E-state index contributed by atoms with van der Waals surface area (Å²) < 4.78 is 2.44. The second-order valence-electron chi connectivity index (χ2n) is 10.5. The Morgan fingerprint density at radius 1 is 0.436 bits per heavy atom. The van der Waals surface area contributed by atoms with Gasteiger partial charge in [0.2, 0.25) is 0 Å². The Morgan fingerprint density at radius 2 is 1.05 bits per heavy atom. The summed E-state index contributed by atoms with van der Waals surface area (Å²) in [5.74, 6) is 0. The number of hydrogen-bond donors (Lipinski definition) is 0. The van der Waals surface area contributed by atoms with Gasteiger partial charge in [-0.1, -0.05) is 115 Å². The molecule has 39 heavy (non-hydrogen) atoms. The summed E-state index contributed by atoms with van der Waals surface area (Å²) in [4.78, 5) is 2.67. The van der Waals surface area contributed by atoms with Crippen LogP contribution in [0.2, 0.25) is 0 Å². The predicted molar refractivity (Wildman–Crippen MR) is 162 cm³/mol. The third-order valence-electron chi connectivity index (χ3n) is 8.66. The highest BCUT2D eigenvalue weighted by Crippen LogP contribution is 2.62. The zero-order valence-electron chi connectivity index (χ0n) is 21.1. The van der Waals surface area contributed by atoms with E-state index in [1.165, 1.54) is 70.7 Å². The van der Waals surface area contributed by atoms with Crippen LogP contribution in [0.4, 0.5) is 0 Å². The molecule has 0 fully saturated rings. The van der Waals surface area contributed by atoms with Gasteiger partial charge in [0.15, 0.2) is 0 Å². The number of rotatable bonds is 1. The molecule has 0 amide bonds. The van der Waals surface area contributed by atoms with E-state index in [4.69, 9.17) is 0 Å². The summed E-state index contributed by atoms with van der Waals surface area (Å²) in [6, 6.07) is 51.6. The highest BCUT2D eigenvalue weighted by Gasteiger charge is 2.50. The van der Waals surface area contributed by atoms with Crippen LogP contribution in [0.1, 0.15) is 22.3 Å². The lowest BCUT2D eigenvalue weighted by Gasteiger charge is -2.39. The fourth-order valence-corrected chi connectivity index (χ4v) is 8.39. The molecule has 1 aromatic heterocycles. The van der Waals surface area contributed by atoms with Crippen molar-refractivity contribution >= 4 is 33.6 Å². The SMILES string of the molecule is c1ccc(-n2c3ccccc3c3cc4c(cc32)C2(c3ccccc3S4)c3ccccc3-c3ccccc32)cc1. The quantitative estimate of drug-likeness (QED) is 0.211. The molecular weight excluding hydrogens is 490 g/mol. The molecule has 1 spiro atoms. The van der Waals surface area contributed by atoms with Crippen molar-refractivity contribution in [3.05, 3.63) is 162 Å². The van der Waals surface area contributed by atoms with Crippen molar-refractivity contribution in [1.82, 2.24) is 4.57 Å². The monoisotopic (exact) mass is 513 g/mol. The molecule has 1 aliphatic carbocycles. The topological polar surface area (TPSA) is 4.93 Å². The number of hydrogen-bond acceptors (Lipinski definition) is 1. The molecule has 0 saturated heterocycles. The first-order valence-corrected chi connectivity index (χ1v) is 14.3. The van der Waals surface area contributed by atoms with Crippen LogP contribution in [-0.4, -0.2) is 4.57 Å². The Labute approximate surface area is 231 Å². The van der Waals surface area contributed by atoms with Gasteiger partial charge in [0.05, 0.1) is 16.4 Å². The molecule has 1 nitrogen and oxygen atoms in total. The standard InChI is InChI=1S/C37H23NS/c1-2-12-24(13-3-1)38-33-20-10-6-16-27(33)28-22-36-32(23-34(28)38)37(31-19-9-11-21-35(31)39-36)29-17-7-4-14-25(29)26-15-5-8-18-30(26)37/h1-23H. The molecule has 2 heteroatoms. The zero-order chi connectivity index (χ0) is 25.6. The fourth-order valence-electron chi connectivity index (χ4n) is 7.17. The Balaban J connectivity index is 1.49. The molecule has 0 bridgehead atoms. The average Bonchev–Trinajstić information content (AvgIpc) is 3.48. The Kier molecular flexibility index (Phi) is 4.26. The highest BCUT2D eigenvalue weighted by atomic mass is 32.2. The van der Waals surface area contributed by atoms with E-state index in [1.807, 2.05) is 11.8 Å². The van der Waals surface area contributed by atoms with Crippen LogP contribution >= 0.6 is 11.8 Å². The van der Waals surface area contributed by atoms with Crippen molar-refractivity contribution in [1.29, 1.82) is 0 Å². The smallest absolute Gasteiger partial charge is 0.0736 e. The third kappa shape index (κ3) is 2.67. The number of benzene rings is 6. The molecule has 2 aliphatic rings. The molecule has 0 unspecified atom stereocenters. The first-order chi connectivity index (χ1) is 19.4. The minimum absolute atomic E-state index is 0.365. The van der Waals surface area contributed by atoms with Gasteiger partial charge in [-0.05, 0) is 69.8 Å². The van der Waals surface area contributed by atoms with Crippen LogP contribution in [0, 0.1) is 0 Å². The van der Waals surface area contributed by atoms with Crippen LogP contribution in [0.3, 0.4) is 0 Å². The van der Waals surface area contributed by atoms with E-state index in [-0.39, 0.29) is 5.41 Å². The lowest BCUT2D eigenvalue weighted by atomic mass is 9.67. The molecule has 0 atom stereocenters. The van der Waals surface area contributed by atoms with Crippen LogP contribution in [0.15, 0.2) is 149 Å². The van der Waals surface area contributed by atoms with Crippen LogP contribution in [0.5, 0.6) is 0 Å².